The average molecular weight is 284 g/mol. The second-order valence-corrected chi connectivity index (χ2v) is 5.76. The monoisotopic (exact) mass is 283 g/mol. The van der Waals surface area contributed by atoms with Crippen molar-refractivity contribution in [3.63, 3.8) is 0 Å². The summed E-state index contributed by atoms with van der Waals surface area (Å²) in [6.45, 7) is 5.59. The predicted octanol–water partition coefficient (Wildman–Crippen LogP) is 2.28. The topological polar surface area (TPSA) is 28.2 Å². The van der Waals surface area contributed by atoms with Crippen molar-refractivity contribution in [2.45, 2.75) is 13.3 Å². The van der Waals surface area contributed by atoms with Gasteiger partial charge in [-0.3, -0.25) is 0 Å². The van der Waals surface area contributed by atoms with Crippen molar-refractivity contribution >= 4 is 21.7 Å². The molecule has 0 saturated carbocycles. The molecular weight excluding hydrogens is 266 g/mol. The van der Waals surface area contributed by atoms with Crippen molar-refractivity contribution in [3.8, 4) is 0 Å². The largest absolute Gasteiger partial charge is 0.356 e. The normalized spacial score (nSPS) is 25.1. The second-order valence-electron chi connectivity index (χ2n) is 4.85. The van der Waals surface area contributed by atoms with Gasteiger partial charge < -0.3 is 10.2 Å². The summed E-state index contributed by atoms with van der Waals surface area (Å²) in [6.07, 6.45) is 3.09. The van der Waals surface area contributed by atoms with E-state index in [1.807, 2.05) is 13.2 Å². The zero-order valence-corrected chi connectivity index (χ0v) is 11.4. The lowest BCUT2D eigenvalue weighted by molar-refractivity contribution is 0.356. The highest BCUT2D eigenvalue weighted by molar-refractivity contribution is 9.10. The van der Waals surface area contributed by atoms with Crippen molar-refractivity contribution < 1.29 is 0 Å². The molecule has 88 valence electrons. The molecule has 0 bridgehead atoms. The third-order valence-corrected chi connectivity index (χ3v) is 3.67. The zero-order valence-electron chi connectivity index (χ0n) is 9.83. The third-order valence-electron chi connectivity index (χ3n) is 3.20. The number of nitrogens with one attached hydrogen (secondary N) is 1. The van der Waals surface area contributed by atoms with Crippen molar-refractivity contribution in [2.24, 2.45) is 5.41 Å². The fourth-order valence-corrected chi connectivity index (χ4v) is 2.58. The van der Waals surface area contributed by atoms with Crippen LogP contribution in [0.4, 0.5) is 5.82 Å². The predicted molar refractivity (Wildman–Crippen MR) is 70.8 cm³/mol. The molecule has 0 radical (unpaired) electrons. The first kappa shape index (κ1) is 11.9. The maximum atomic E-state index is 4.44. The van der Waals surface area contributed by atoms with Crippen LogP contribution in [0.15, 0.2) is 22.8 Å². The molecule has 1 aliphatic heterocycles. The summed E-state index contributed by atoms with van der Waals surface area (Å²) in [7, 11) is 2.02. The number of anilines is 1. The Hall–Kier alpha value is -0.610. The Balaban J connectivity index is 2.06. The van der Waals surface area contributed by atoms with Gasteiger partial charge in [-0.15, -0.1) is 0 Å². The number of hydrogen-bond acceptors (Lipinski definition) is 3. The Kier molecular flexibility index (Phi) is 3.50. The molecule has 1 N–H and O–H groups in total. The van der Waals surface area contributed by atoms with Crippen LogP contribution >= 0.6 is 15.9 Å². The molecule has 1 aromatic heterocycles. The quantitative estimate of drug-likeness (QED) is 0.923. The molecule has 1 fully saturated rings. The summed E-state index contributed by atoms with van der Waals surface area (Å²) >= 11 is 3.41. The molecule has 3 nitrogen and oxygen atoms in total. The summed E-state index contributed by atoms with van der Waals surface area (Å²) in [6, 6.07) is 4.13. The number of rotatable bonds is 3. The Bertz CT molecular complexity index is 352. The Morgan fingerprint density at radius 2 is 2.38 bits per heavy atom. The smallest absolute Gasteiger partial charge is 0.128 e. The first-order chi connectivity index (χ1) is 7.63. The zero-order chi connectivity index (χ0) is 11.6. The van der Waals surface area contributed by atoms with Crippen LogP contribution < -0.4 is 10.2 Å². The Morgan fingerprint density at radius 1 is 1.56 bits per heavy atom. The number of nitrogens with zero attached hydrogens (tertiary/aromatic N) is 2. The van der Waals surface area contributed by atoms with Gasteiger partial charge in [0.25, 0.3) is 0 Å². The van der Waals surface area contributed by atoms with Gasteiger partial charge in [-0.2, -0.15) is 0 Å². The molecule has 0 aromatic carbocycles. The summed E-state index contributed by atoms with van der Waals surface area (Å²) in [5, 5.41) is 3.28. The SMILES string of the molecule is CNCC1(C)CCN(c2ccc(Br)cn2)C1. The van der Waals surface area contributed by atoms with Gasteiger partial charge in [-0.1, -0.05) is 6.92 Å². The summed E-state index contributed by atoms with van der Waals surface area (Å²) in [5.74, 6) is 1.09. The Morgan fingerprint density at radius 3 is 3.00 bits per heavy atom. The molecule has 0 aliphatic carbocycles. The molecule has 1 unspecified atom stereocenters. The number of halogens is 1. The van der Waals surface area contributed by atoms with Crippen LogP contribution in [-0.2, 0) is 0 Å². The van der Waals surface area contributed by atoms with Crippen LogP contribution in [0.1, 0.15) is 13.3 Å². The van der Waals surface area contributed by atoms with E-state index in [1.54, 1.807) is 0 Å². The van der Waals surface area contributed by atoms with E-state index in [0.717, 1.165) is 29.9 Å². The first-order valence-electron chi connectivity index (χ1n) is 5.64. The minimum atomic E-state index is 0.378. The molecule has 1 aromatic rings. The van der Waals surface area contributed by atoms with Crippen molar-refractivity contribution in [1.29, 1.82) is 0 Å². The van der Waals surface area contributed by atoms with E-state index in [4.69, 9.17) is 0 Å². The van der Waals surface area contributed by atoms with Gasteiger partial charge >= 0.3 is 0 Å². The van der Waals surface area contributed by atoms with Gasteiger partial charge in [-0.25, -0.2) is 4.98 Å². The van der Waals surface area contributed by atoms with Crippen molar-refractivity contribution in [2.75, 3.05) is 31.6 Å². The number of aromatic nitrogens is 1. The van der Waals surface area contributed by atoms with E-state index in [0.29, 0.717) is 5.41 Å². The fraction of sp³-hybridized carbons (Fsp3) is 0.583. The highest BCUT2D eigenvalue weighted by atomic mass is 79.9. The molecular formula is C12H18BrN3. The van der Waals surface area contributed by atoms with Crippen LogP contribution in [-0.4, -0.2) is 31.7 Å². The summed E-state index contributed by atoms with van der Waals surface area (Å²) in [4.78, 5) is 6.81. The third kappa shape index (κ3) is 2.55. The minimum Gasteiger partial charge on any atom is -0.356 e. The van der Waals surface area contributed by atoms with Gasteiger partial charge in [0.1, 0.15) is 5.82 Å². The van der Waals surface area contributed by atoms with Crippen LogP contribution in [0.25, 0.3) is 0 Å². The number of pyridine rings is 1. The van der Waals surface area contributed by atoms with E-state index >= 15 is 0 Å². The van der Waals surface area contributed by atoms with E-state index in [1.165, 1.54) is 6.42 Å². The molecule has 0 spiro atoms. The highest BCUT2D eigenvalue weighted by Gasteiger charge is 2.33. The molecule has 0 amide bonds. The highest BCUT2D eigenvalue weighted by Crippen LogP contribution is 2.31. The van der Waals surface area contributed by atoms with Gasteiger partial charge in [0.05, 0.1) is 0 Å². The maximum absolute atomic E-state index is 4.44. The average Bonchev–Trinajstić information content (AvgIpc) is 2.62. The molecule has 1 atom stereocenters. The van der Waals surface area contributed by atoms with Crippen molar-refractivity contribution in [3.05, 3.63) is 22.8 Å². The summed E-state index contributed by atoms with van der Waals surface area (Å²) in [5.41, 5.74) is 0.378. The van der Waals surface area contributed by atoms with Crippen LogP contribution in [0.5, 0.6) is 0 Å². The Labute approximate surface area is 105 Å². The lowest BCUT2D eigenvalue weighted by Gasteiger charge is -2.24. The van der Waals surface area contributed by atoms with E-state index < -0.39 is 0 Å². The molecule has 1 saturated heterocycles. The van der Waals surface area contributed by atoms with Crippen LogP contribution in [0.3, 0.4) is 0 Å². The lowest BCUT2D eigenvalue weighted by atomic mass is 9.90. The lowest BCUT2D eigenvalue weighted by Crippen LogP contribution is -2.33. The van der Waals surface area contributed by atoms with Gasteiger partial charge in [0.15, 0.2) is 0 Å². The first-order valence-corrected chi connectivity index (χ1v) is 6.43. The van der Waals surface area contributed by atoms with Crippen molar-refractivity contribution in [1.82, 2.24) is 10.3 Å². The van der Waals surface area contributed by atoms with Crippen LogP contribution in [0, 0.1) is 5.41 Å². The number of hydrogen-bond donors (Lipinski definition) is 1. The van der Waals surface area contributed by atoms with Gasteiger partial charge in [-0.05, 0) is 46.9 Å². The standard InChI is InChI=1S/C12H18BrN3/c1-12(8-14-2)5-6-16(9-12)11-4-3-10(13)7-15-11/h3-4,7,14H,5-6,8-9H2,1-2H3. The molecule has 16 heavy (non-hydrogen) atoms. The van der Waals surface area contributed by atoms with E-state index in [9.17, 15) is 0 Å². The second kappa shape index (κ2) is 4.72. The summed E-state index contributed by atoms with van der Waals surface area (Å²) < 4.78 is 1.04. The molecule has 2 rings (SSSR count). The van der Waals surface area contributed by atoms with E-state index in [2.05, 4.69) is 50.2 Å². The molecule has 1 aliphatic rings. The van der Waals surface area contributed by atoms with E-state index in [-0.39, 0.29) is 0 Å². The maximum Gasteiger partial charge on any atom is 0.128 e. The van der Waals surface area contributed by atoms with Gasteiger partial charge in [0, 0.05) is 30.3 Å². The minimum absolute atomic E-state index is 0.378. The molecule has 4 heteroatoms. The molecule has 2 heterocycles. The van der Waals surface area contributed by atoms with Crippen LogP contribution in [0.2, 0.25) is 0 Å². The fourth-order valence-electron chi connectivity index (χ4n) is 2.35. The van der Waals surface area contributed by atoms with Gasteiger partial charge in [0.2, 0.25) is 0 Å².